The Morgan fingerprint density at radius 3 is 2.16 bits per heavy atom. The van der Waals surface area contributed by atoms with E-state index in [-0.39, 0.29) is 29.3 Å². The Morgan fingerprint density at radius 2 is 1.59 bits per heavy atom. The number of amides is 2. The molecule has 1 saturated heterocycles. The average Bonchev–Trinajstić information content (AvgIpc) is 3.22. The molecule has 5 fully saturated rings. The molecule has 4 saturated carbocycles. The first-order chi connectivity index (χ1) is 15.3. The zero-order valence-corrected chi connectivity index (χ0v) is 19.1. The third kappa shape index (κ3) is 3.93. The summed E-state index contributed by atoms with van der Waals surface area (Å²) in [5.74, 6) is 1.86. The van der Waals surface area contributed by atoms with Crippen LogP contribution in [0.15, 0.2) is 24.3 Å². The Labute approximate surface area is 190 Å². The number of nitrogens with zero attached hydrogens (tertiary/aromatic N) is 1. The van der Waals surface area contributed by atoms with Crippen molar-refractivity contribution < 1.29 is 19.1 Å². The van der Waals surface area contributed by atoms with Crippen LogP contribution in [0.3, 0.4) is 0 Å². The van der Waals surface area contributed by atoms with Crippen molar-refractivity contribution in [3.63, 3.8) is 0 Å². The van der Waals surface area contributed by atoms with Gasteiger partial charge in [-0.1, -0.05) is 0 Å². The molecule has 6 heteroatoms. The summed E-state index contributed by atoms with van der Waals surface area (Å²) >= 11 is 0. The second-order valence-corrected chi connectivity index (χ2v) is 10.9. The second kappa shape index (κ2) is 8.20. The molecule has 0 radical (unpaired) electrons. The van der Waals surface area contributed by atoms with Gasteiger partial charge in [-0.2, -0.15) is 0 Å². The summed E-state index contributed by atoms with van der Waals surface area (Å²) in [5, 5.41) is 2.96. The van der Waals surface area contributed by atoms with E-state index in [1.54, 1.807) is 24.3 Å². The van der Waals surface area contributed by atoms with E-state index in [1.165, 1.54) is 19.3 Å². The number of hydrogen-bond donors (Lipinski definition) is 1. The highest BCUT2D eigenvalue weighted by Gasteiger charge is 2.56. The summed E-state index contributed by atoms with van der Waals surface area (Å²) in [5.41, 5.74) is 0.872. The van der Waals surface area contributed by atoms with Crippen molar-refractivity contribution in [2.24, 2.45) is 23.2 Å². The molecule has 0 spiro atoms. The smallest absolute Gasteiger partial charge is 0.338 e. The molecule has 1 aromatic carbocycles. The number of likely N-dealkylation sites (tertiary alicyclic amines) is 1. The minimum Gasteiger partial charge on any atom is -0.459 e. The summed E-state index contributed by atoms with van der Waals surface area (Å²) < 4.78 is 5.21. The molecule has 6 nitrogen and oxygen atoms in total. The first-order valence-corrected chi connectivity index (χ1v) is 12.3. The Kier molecular flexibility index (Phi) is 5.50. The number of anilines is 1. The highest BCUT2D eigenvalue weighted by molar-refractivity contribution is 5.99. The summed E-state index contributed by atoms with van der Waals surface area (Å²) in [6, 6.07) is 6.35. The van der Waals surface area contributed by atoms with E-state index in [1.807, 2.05) is 18.7 Å². The molecule has 4 aliphatic carbocycles. The number of rotatable bonds is 5. The Morgan fingerprint density at radius 1 is 1.00 bits per heavy atom. The van der Waals surface area contributed by atoms with Crippen molar-refractivity contribution in [2.75, 3.05) is 11.9 Å². The fourth-order valence-corrected chi connectivity index (χ4v) is 7.16. The number of carbonyl (C=O) groups excluding carboxylic acids is 3. The lowest BCUT2D eigenvalue weighted by Crippen LogP contribution is -2.56. The predicted molar refractivity (Wildman–Crippen MR) is 121 cm³/mol. The van der Waals surface area contributed by atoms with E-state index >= 15 is 0 Å². The van der Waals surface area contributed by atoms with Crippen molar-refractivity contribution in [1.29, 1.82) is 0 Å². The van der Waals surface area contributed by atoms with Crippen molar-refractivity contribution in [3.05, 3.63) is 29.8 Å². The summed E-state index contributed by atoms with van der Waals surface area (Å²) in [7, 11) is 0. The highest BCUT2D eigenvalue weighted by atomic mass is 16.5. The minimum atomic E-state index is -0.402. The van der Waals surface area contributed by atoms with Gasteiger partial charge >= 0.3 is 5.97 Å². The maximum atomic E-state index is 13.8. The number of carbonyl (C=O) groups is 3. The SMILES string of the molecule is CC(C)OC(=O)c1ccc(NC(=O)C2CCCN2C(=O)C23CC4CC(CC(C4)C2)C3)cc1. The van der Waals surface area contributed by atoms with Gasteiger partial charge in [0, 0.05) is 12.2 Å². The number of hydrogen-bond acceptors (Lipinski definition) is 4. The van der Waals surface area contributed by atoms with Crippen molar-refractivity contribution in [2.45, 2.75) is 77.4 Å². The van der Waals surface area contributed by atoms with Crippen LogP contribution in [-0.2, 0) is 14.3 Å². The first-order valence-electron chi connectivity index (χ1n) is 12.3. The number of ether oxygens (including phenoxy) is 1. The van der Waals surface area contributed by atoms with E-state index in [4.69, 9.17) is 4.74 Å². The zero-order chi connectivity index (χ0) is 22.5. The molecule has 0 aromatic heterocycles. The van der Waals surface area contributed by atoms with E-state index in [2.05, 4.69) is 5.32 Å². The van der Waals surface area contributed by atoms with E-state index < -0.39 is 6.04 Å². The molecule has 1 unspecified atom stereocenters. The predicted octanol–water partition coefficient (Wildman–Crippen LogP) is 4.40. The Balaban J connectivity index is 1.25. The van der Waals surface area contributed by atoms with Crippen molar-refractivity contribution in [3.8, 4) is 0 Å². The van der Waals surface area contributed by atoms with Gasteiger partial charge in [0.25, 0.3) is 0 Å². The van der Waals surface area contributed by atoms with Crippen LogP contribution in [-0.4, -0.2) is 41.4 Å². The van der Waals surface area contributed by atoms with Gasteiger partial charge in [0.2, 0.25) is 11.8 Å². The third-order valence-electron chi connectivity index (χ3n) is 8.04. The minimum absolute atomic E-state index is 0.127. The summed E-state index contributed by atoms with van der Waals surface area (Å²) in [6.07, 6.45) is 8.38. The molecular weight excluding hydrogens is 404 g/mol. The van der Waals surface area contributed by atoms with Gasteiger partial charge in [0.05, 0.1) is 17.1 Å². The average molecular weight is 439 g/mol. The summed E-state index contributed by atoms with van der Waals surface area (Å²) in [4.78, 5) is 40.8. The quantitative estimate of drug-likeness (QED) is 0.692. The Bertz CT molecular complexity index is 872. The molecule has 2 amide bonds. The van der Waals surface area contributed by atoms with Gasteiger partial charge in [-0.15, -0.1) is 0 Å². The molecule has 4 bridgehead atoms. The molecule has 5 aliphatic rings. The van der Waals surface area contributed by atoms with Crippen molar-refractivity contribution >= 4 is 23.5 Å². The first kappa shape index (κ1) is 21.5. The van der Waals surface area contributed by atoms with Gasteiger partial charge in [-0.25, -0.2) is 4.79 Å². The molecule has 1 aliphatic heterocycles. The van der Waals surface area contributed by atoms with E-state index in [0.717, 1.165) is 25.7 Å². The molecule has 172 valence electrons. The molecule has 1 heterocycles. The van der Waals surface area contributed by atoms with Crippen molar-refractivity contribution in [1.82, 2.24) is 4.90 Å². The zero-order valence-electron chi connectivity index (χ0n) is 19.1. The lowest BCUT2D eigenvalue weighted by atomic mass is 9.49. The second-order valence-electron chi connectivity index (χ2n) is 10.9. The van der Waals surface area contributed by atoms with Gasteiger partial charge < -0.3 is 15.0 Å². The fourth-order valence-electron chi connectivity index (χ4n) is 7.16. The van der Waals surface area contributed by atoms with E-state index in [0.29, 0.717) is 42.0 Å². The lowest BCUT2D eigenvalue weighted by Gasteiger charge is -2.56. The molecule has 1 N–H and O–H groups in total. The van der Waals surface area contributed by atoms with Gasteiger partial charge in [0.15, 0.2) is 0 Å². The number of esters is 1. The monoisotopic (exact) mass is 438 g/mol. The van der Waals surface area contributed by atoms with Gasteiger partial charge in [-0.05, 0) is 107 Å². The maximum absolute atomic E-state index is 13.8. The van der Waals surface area contributed by atoms with Crippen LogP contribution in [0.1, 0.15) is 75.6 Å². The maximum Gasteiger partial charge on any atom is 0.338 e. The largest absolute Gasteiger partial charge is 0.459 e. The van der Waals surface area contributed by atoms with Crippen LogP contribution in [0.5, 0.6) is 0 Å². The molecule has 32 heavy (non-hydrogen) atoms. The third-order valence-corrected chi connectivity index (χ3v) is 8.04. The van der Waals surface area contributed by atoms with Gasteiger partial charge in [-0.3, -0.25) is 9.59 Å². The fraction of sp³-hybridized carbons (Fsp3) is 0.654. The topological polar surface area (TPSA) is 75.7 Å². The molecular formula is C26H34N2O4. The standard InChI is InChI=1S/C26H34N2O4/c1-16(2)32-24(30)20-5-7-21(8-6-20)27-23(29)22-4-3-9-28(22)25(31)26-13-17-10-18(14-26)12-19(11-17)15-26/h5-8,16-19,22H,3-4,9-15H2,1-2H3,(H,27,29). The van der Waals surface area contributed by atoms with Gasteiger partial charge in [0.1, 0.15) is 6.04 Å². The molecule has 6 rings (SSSR count). The molecule has 1 atom stereocenters. The highest BCUT2D eigenvalue weighted by Crippen LogP contribution is 2.60. The van der Waals surface area contributed by atoms with Crippen LogP contribution in [0.4, 0.5) is 5.69 Å². The number of benzene rings is 1. The van der Waals surface area contributed by atoms with Crippen LogP contribution in [0.2, 0.25) is 0 Å². The number of nitrogens with one attached hydrogen (secondary N) is 1. The normalized spacial score (nSPS) is 32.9. The Hall–Kier alpha value is -2.37. The van der Waals surface area contributed by atoms with Crippen LogP contribution in [0.25, 0.3) is 0 Å². The lowest BCUT2D eigenvalue weighted by molar-refractivity contribution is -0.160. The van der Waals surface area contributed by atoms with Crippen LogP contribution in [0, 0.1) is 23.2 Å². The molecule has 1 aromatic rings. The summed E-state index contributed by atoms with van der Waals surface area (Å²) in [6.45, 7) is 4.30. The van der Waals surface area contributed by atoms with E-state index in [9.17, 15) is 14.4 Å². The van der Waals surface area contributed by atoms with Crippen LogP contribution < -0.4 is 5.32 Å². The van der Waals surface area contributed by atoms with Crippen LogP contribution >= 0.6 is 0 Å².